The zero-order valence-electron chi connectivity index (χ0n) is 19.6. The number of halogens is 13. The van der Waals surface area contributed by atoms with Gasteiger partial charge in [0.15, 0.2) is 0 Å². The maximum absolute atomic E-state index is 15.5. The molecule has 0 aliphatic carbocycles. The Morgan fingerprint density at radius 3 is 1.88 bits per heavy atom. The van der Waals surface area contributed by atoms with E-state index < -0.39 is 92.4 Å². The number of nitrogens with two attached hydrogens (primary N) is 1. The van der Waals surface area contributed by atoms with Crippen LogP contribution < -0.4 is 11.1 Å². The number of nitrogens with one attached hydrogen (secondary N) is 1. The molecule has 1 unspecified atom stereocenters. The highest BCUT2D eigenvalue weighted by Crippen LogP contribution is 2.45. The minimum absolute atomic E-state index is 0.154. The third-order valence-electron chi connectivity index (χ3n) is 5.37. The fourth-order valence-corrected chi connectivity index (χ4v) is 4.24. The molecular formula is C23H15Cl3F10N2O2. The molecule has 2 amide bonds. The Balaban J connectivity index is 2.87. The fraction of sp³-hybridized carbons (Fsp3) is 0.304. The van der Waals surface area contributed by atoms with Crippen molar-refractivity contribution in [3.63, 3.8) is 0 Å². The molecule has 0 radical (unpaired) electrons. The number of rotatable bonds is 7. The normalized spacial score (nSPS) is 14.6. The second-order valence-corrected chi connectivity index (χ2v) is 9.39. The van der Waals surface area contributed by atoms with Gasteiger partial charge in [0.1, 0.15) is 18.3 Å². The lowest BCUT2D eigenvalue weighted by atomic mass is 9.85. The number of primary amides is 1. The summed E-state index contributed by atoms with van der Waals surface area (Å²) in [4.78, 5) is 24.1. The van der Waals surface area contributed by atoms with Crippen molar-refractivity contribution < 1.29 is 53.5 Å². The lowest BCUT2D eigenvalue weighted by molar-refractivity contribution is -0.141. The molecule has 0 saturated carbocycles. The lowest BCUT2D eigenvalue weighted by Crippen LogP contribution is -2.37. The number of hydrogen-bond acceptors (Lipinski definition) is 2. The average Bonchev–Trinajstić information content (AvgIpc) is 2.80. The van der Waals surface area contributed by atoms with E-state index >= 15 is 4.39 Å². The Labute approximate surface area is 234 Å². The summed E-state index contributed by atoms with van der Waals surface area (Å²) in [7, 11) is 0. The zero-order valence-corrected chi connectivity index (χ0v) is 21.8. The first-order chi connectivity index (χ1) is 18.1. The van der Waals surface area contributed by atoms with Crippen molar-refractivity contribution in [3.8, 4) is 0 Å². The Morgan fingerprint density at radius 2 is 1.45 bits per heavy atom. The van der Waals surface area contributed by atoms with E-state index in [1.807, 2.05) is 0 Å². The predicted molar refractivity (Wildman–Crippen MR) is 127 cm³/mol. The van der Waals surface area contributed by atoms with Gasteiger partial charge in [0.25, 0.3) is 0 Å². The smallest absolute Gasteiger partial charge is 0.366 e. The van der Waals surface area contributed by atoms with Gasteiger partial charge in [-0.15, -0.1) is 0 Å². The average molecular weight is 648 g/mol. The largest absolute Gasteiger partial charge is 0.417 e. The number of allylic oxidation sites excluding steroid dienone is 1. The van der Waals surface area contributed by atoms with Crippen LogP contribution in [-0.2, 0) is 11.0 Å². The van der Waals surface area contributed by atoms with E-state index in [4.69, 9.17) is 40.5 Å². The van der Waals surface area contributed by atoms with Crippen molar-refractivity contribution in [2.24, 2.45) is 5.73 Å². The van der Waals surface area contributed by atoms with Crippen molar-refractivity contribution >= 4 is 52.4 Å². The molecule has 0 aliphatic rings. The Kier molecular flexibility index (Phi) is 10.1. The van der Waals surface area contributed by atoms with Gasteiger partial charge in [0, 0.05) is 5.56 Å². The quantitative estimate of drug-likeness (QED) is 0.235. The lowest BCUT2D eigenvalue weighted by Gasteiger charge is -2.24. The molecule has 0 aromatic heterocycles. The van der Waals surface area contributed by atoms with Crippen LogP contribution in [0.15, 0.2) is 30.3 Å². The van der Waals surface area contributed by atoms with Gasteiger partial charge < -0.3 is 11.1 Å². The zero-order chi connectivity index (χ0) is 31.0. The molecule has 0 aliphatic heterocycles. The molecule has 0 spiro atoms. The van der Waals surface area contributed by atoms with Crippen LogP contribution in [0.5, 0.6) is 0 Å². The molecule has 3 N–H and O–H groups in total. The summed E-state index contributed by atoms with van der Waals surface area (Å²) in [6.07, 6.45) is -16.0. The first-order valence-electron chi connectivity index (χ1n) is 10.5. The van der Waals surface area contributed by atoms with Crippen LogP contribution >= 0.6 is 34.8 Å². The van der Waals surface area contributed by atoms with Gasteiger partial charge in [-0.2, -0.15) is 39.5 Å². The molecule has 2 aromatic carbocycles. The topological polar surface area (TPSA) is 72.2 Å². The molecule has 2 rings (SSSR count). The molecule has 0 saturated heterocycles. The van der Waals surface area contributed by atoms with Gasteiger partial charge in [-0.05, 0) is 42.3 Å². The van der Waals surface area contributed by atoms with Crippen molar-refractivity contribution in [2.75, 3.05) is 6.54 Å². The minimum atomic E-state index is -5.56. The van der Waals surface area contributed by atoms with Gasteiger partial charge in [0.05, 0.1) is 32.1 Å². The van der Waals surface area contributed by atoms with E-state index in [-0.39, 0.29) is 11.1 Å². The van der Waals surface area contributed by atoms with Crippen LogP contribution in [0, 0.1) is 0 Å². The van der Waals surface area contributed by atoms with Crippen LogP contribution in [0.25, 0.3) is 5.83 Å². The molecule has 0 bridgehead atoms. The highest BCUT2D eigenvalue weighted by atomic mass is 35.5. The standard InChI is InChI=1S/C23H15Cl3F10N2O2/c1-8(20(40)38-7-21(28,29)30)16-10(2-3-11(19(37)39)17(16)23(34,35)36)15(27)6-12(22(31,32)33)9-4-13(24)18(26)14(25)5-9/h2-6,8,12H,7H2,1H3,(H2,37,39)(H,38,40)/b15-6-/t8-,12?/m1/s1. The van der Waals surface area contributed by atoms with E-state index in [0.29, 0.717) is 31.2 Å². The second-order valence-electron chi connectivity index (χ2n) is 8.20. The summed E-state index contributed by atoms with van der Waals surface area (Å²) in [6, 6.07) is 2.17. The number of alkyl halides is 9. The number of carbonyl (C=O) groups excluding carboxylic acids is 2. The summed E-state index contributed by atoms with van der Waals surface area (Å²) < 4.78 is 137. The van der Waals surface area contributed by atoms with Crippen LogP contribution in [0.3, 0.4) is 0 Å². The Hall–Kier alpha value is -2.71. The van der Waals surface area contributed by atoms with E-state index in [0.717, 1.165) is 0 Å². The number of amides is 2. The monoisotopic (exact) mass is 646 g/mol. The molecule has 40 heavy (non-hydrogen) atoms. The van der Waals surface area contributed by atoms with Crippen LogP contribution in [0.1, 0.15) is 51.4 Å². The summed E-state index contributed by atoms with van der Waals surface area (Å²) in [5.74, 6) is -10.5. The highest BCUT2D eigenvalue weighted by Gasteiger charge is 2.43. The molecule has 17 heteroatoms. The molecule has 2 atom stereocenters. The number of hydrogen-bond donors (Lipinski definition) is 2. The summed E-state index contributed by atoms with van der Waals surface area (Å²) in [6.45, 7) is -1.35. The predicted octanol–water partition coefficient (Wildman–Crippen LogP) is 8.20. The third kappa shape index (κ3) is 7.94. The maximum atomic E-state index is 15.5. The molecule has 4 nitrogen and oxygen atoms in total. The van der Waals surface area contributed by atoms with Crippen molar-refractivity contribution in [1.82, 2.24) is 5.32 Å². The number of carbonyl (C=O) groups is 2. The van der Waals surface area contributed by atoms with Crippen molar-refractivity contribution in [2.45, 2.75) is 37.3 Å². The summed E-state index contributed by atoms with van der Waals surface area (Å²) in [5, 5.41) is 0.0446. The fourth-order valence-electron chi connectivity index (χ4n) is 3.63. The highest BCUT2D eigenvalue weighted by molar-refractivity contribution is 6.48. The Bertz CT molecular complexity index is 1310. The van der Waals surface area contributed by atoms with Crippen molar-refractivity contribution in [1.29, 1.82) is 0 Å². The van der Waals surface area contributed by atoms with E-state index in [1.54, 1.807) is 0 Å². The Morgan fingerprint density at radius 1 is 0.950 bits per heavy atom. The maximum Gasteiger partial charge on any atom is 0.417 e. The summed E-state index contributed by atoms with van der Waals surface area (Å²) in [5.41, 5.74) is -1.82. The van der Waals surface area contributed by atoms with Gasteiger partial charge in [-0.25, -0.2) is 4.39 Å². The number of benzene rings is 2. The van der Waals surface area contributed by atoms with E-state index in [1.165, 1.54) is 5.32 Å². The van der Waals surface area contributed by atoms with E-state index in [9.17, 15) is 49.1 Å². The van der Waals surface area contributed by atoms with Crippen LogP contribution in [0.4, 0.5) is 43.9 Å². The molecular weight excluding hydrogens is 633 g/mol. The summed E-state index contributed by atoms with van der Waals surface area (Å²) >= 11 is 17.2. The first-order valence-corrected chi connectivity index (χ1v) is 11.7. The van der Waals surface area contributed by atoms with Gasteiger partial charge in [-0.1, -0.05) is 40.9 Å². The SMILES string of the molecule is C[C@@H](C(=O)NCC(F)(F)F)c1c(/C(F)=C/C(c2cc(Cl)c(Cl)c(Cl)c2)C(F)(F)F)ccc(C(N)=O)c1C(F)(F)F. The second kappa shape index (κ2) is 12.0. The van der Waals surface area contributed by atoms with Crippen LogP contribution in [0.2, 0.25) is 15.1 Å². The van der Waals surface area contributed by atoms with Gasteiger partial charge in [0.2, 0.25) is 11.8 Å². The van der Waals surface area contributed by atoms with Crippen LogP contribution in [-0.4, -0.2) is 30.7 Å². The van der Waals surface area contributed by atoms with E-state index in [2.05, 4.69) is 0 Å². The first kappa shape index (κ1) is 33.5. The molecule has 220 valence electrons. The molecule has 0 heterocycles. The van der Waals surface area contributed by atoms with Crippen molar-refractivity contribution in [3.05, 3.63) is 73.2 Å². The van der Waals surface area contributed by atoms with Gasteiger partial charge in [-0.3, -0.25) is 9.59 Å². The molecule has 2 aromatic rings. The third-order valence-corrected chi connectivity index (χ3v) is 6.57. The minimum Gasteiger partial charge on any atom is -0.366 e. The molecule has 0 fully saturated rings. The van der Waals surface area contributed by atoms with Gasteiger partial charge >= 0.3 is 18.5 Å².